The number of aromatic nitrogens is 2. The molecule has 0 saturated heterocycles. The first kappa shape index (κ1) is 11.5. The van der Waals surface area contributed by atoms with Gasteiger partial charge in [0, 0.05) is 12.4 Å². The fraction of sp³-hybridized carbons (Fsp3) is 0.143. The van der Waals surface area contributed by atoms with Crippen LogP contribution < -0.4 is 0 Å². The maximum absolute atomic E-state index is 12.3. The normalized spacial score (nSPS) is 15.5. The maximum atomic E-state index is 12.3. The van der Waals surface area contributed by atoms with E-state index in [9.17, 15) is 9.59 Å². The highest BCUT2D eigenvalue weighted by Crippen LogP contribution is 2.29. The Hall–Kier alpha value is -2.56. The number of hydrogen-bond donors (Lipinski definition) is 0. The van der Waals surface area contributed by atoms with Crippen LogP contribution in [0.4, 0.5) is 0 Å². The van der Waals surface area contributed by atoms with Crippen LogP contribution in [0.2, 0.25) is 0 Å². The number of imide groups is 1. The minimum Gasteiger partial charge on any atom is -0.269 e. The molecule has 0 saturated carbocycles. The number of rotatable bonds is 2. The third-order valence-electron chi connectivity index (χ3n) is 3.22. The van der Waals surface area contributed by atoms with Crippen molar-refractivity contribution in [1.29, 1.82) is 0 Å². The molecule has 0 fully saturated rings. The molecule has 5 heteroatoms. The third kappa shape index (κ3) is 1.71. The minimum absolute atomic E-state index is 0.279. The van der Waals surface area contributed by atoms with Crippen molar-refractivity contribution in [3.8, 4) is 0 Å². The quantitative estimate of drug-likeness (QED) is 0.766. The summed E-state index contributed by atoms with van der Waals surface area (Å²) in [5, 5.41) is 0. The van der Waals surface area contributed by atoms with Gasteiger partial charge in [0.05, 0.1) is 29.1 Å². The molecule has 1 unspecified atom stereocenters. The lowest BCUT2D eigenvalue weighted by molar-refractivity contribution is 0.0592. The topological polar surface area (TPSA) is 63.2 Å². The summed E-state index contributed by atoms with van der Waals surface area (Å²) in [5.74, 6) is -0.558. The molecule has 5 nitrogen and oxygen atoms in total. The van der Waals surface area contributed by atoms with Crippen LogP contribution in [0.15, 0.2) is 42.9 Å². The van der Waals surface area contributed by atoms with Crippen molar-refractivity contribution in [2.75, 3.05) is 0 Å². The van der Waals surface area contributed by atoms with Gasteiger partial charge < -0.3 is 0 Å². The minimum atomic E-state index is -0.430. The molecule has 1 aliphatic heterocycles. The lowest BCUT2D eigenvalue weighted by Crippen LogP contribution is -2.33. The average molecular weight is 253 g/mol. The van der Waals surface area contributed by atoms with Gasteiger partial charge in [-0.2, -0.15) is 0 Å². The Morgan fingerprint density at radius 1 is 1.05 bits per heavy atom. The van der Waals surface area contributed by atoms with Crippen LogP contribution in [0.3, 0.4) is 0 Å². The molecule has 94 valence electrons. The summed E-state index contributed by atoms with van der Waals surface area (Å²) in [5.41, 5.74) is 1.49. The van der Waals surface area contributed by atoms with Gasteiger partial charge in [0.15, 0.2) is 0 Å². The fourth-order valence-electron chi connectivity index (χ4n) is 2.22. The predicted molar refractivity (Wildman–Crippen MR) is 67.4 cm³/mol. The van der Waals surface area contributed by atoms with Crippen molar-refractivity contribution in [1.82, 2.24) is 14.9 Å². The second kappa shape index (κ2) is 4.28. The van der Waals surface area contributed by atoms with E-state index in [0.717, 1.165) is 0 Å². The summed E-state index contributed by atoms with van der Waals surface area (Å²) in [4.78, 5) is 33.9. The van der Waals surface area contributed by atoms with Crippen LogP contribution in [0, 0.1) is 0 Å². The maximum Gasteiger partial charge on any atom is 0.262 e. The Morgan fingerprint density at radius 3 is 2.21 bits per heavy atom. The first-order valence-electron chi connectivity index (χ1n) is 5.93. The molecule has 2 aromatic rings. The third-order valence-corrected chi connectivity index (χ3v) is 3.22. The number of carbonyl (C=O) groups is 2. The van der Waals surface area contributed by atoms with E-state index in [4.69, 9.17) is 0 Å². The Morgan fingerprint density at radius 2 is 1.68 bits per heavy atom. The molecular weight excluding hydrogens is 242 g/mol. The number of carbonyl (C=O) groups excluding carboxylic acids is 2. The van der Waals surface area contributed by atoms with Crippen molar-refractivity contribution in [3.05, 3.63) is 59.7 Å². The second-order valence-electron chi connectivity index (χ2n) is 4.33. The van der Waals surface area contributed by atoms with Crippen molar-refractivity contribution >= 4 is 11.8 Å². The van der Waals surface area contributed by atoms with E-state index < -0.39 is 6.04 Å². The van der Waals surface area contributed by atoms with Crippen molar-refractivity contribution < 1.29 is 9.59 Å². The molecule has 1 atom stereocenters. The summed E-state index contributed by atoms with van der Waals surface area (Å²) in [6.45, 7) is 1.77. The molecule has 0 radical (unpaired) electrons. The van der Waals surface area contributed by atoms with E-state index in [0.29, 0.717) is 16.8 Å². The summed E-state index contributed by atoms with van der Waals surface area (Å²) < 4.78 is 0. The molecular formula is C14H11N3O2. The van der Waals surface area contributed by atoms with Gasteiger partial charge in [-0.15, -0.1) is 0 Å². The highest BCUT2D eigenvalue weighted by atomic mass is 16.2. The highest BCUT2D eigenvalue weighted by Gasteiger charge is 2.38. The van der Waals surface area contributed by atoms with Gasteiger partial charge in [-0.05, 0) is 19.1 Å². The lowest BCUT2D eigenvalue weighted by Gasteiger charge is -2.21. The molecule has 0 bridgehead atoms. The highest BCUT2D eigenvalue weighted by molar-refractivity contribution is 6.21. The van der Waals surface area contributed by atoms with Crippen molar-refractivity contribution in [2.24, 2.45) is 0 Å². The first-order chi connectivity index (χ1) is 9.20. The van der Waals surface area contributed by atoms with Gasteiger partial charge in [-0.25, -0.2) is 0 Å². The van der Waals surface area contributed by atoms with Crippen LogP contribution in [0.5, 0.6) is 0 Å². The summed E-state index contributed by atoms with van der Waals surface area (Å²) in [6.07, 6.45) is 4.66. The number of hydrogen-bond acceptors (Lipinski definition) is 4. The molecule has 19 heavy (non-hydrogen) atoms. The van der Waals surface area contributed by atoms with Crippen LogP contribution in [0.25, 0.3) is 0 Å². The molecule has 3 rings (SSSR count). The van der Waals surface area contributed by atoms with Gasteiger partial charge in [0.25, 0.3) is 11.8 Å². The van der Waals surface area contributed by atoms with E-state index in [1.807, 2.05) is 0 Å². The molecule has 1 aromatic heterocycles. The lowest BCUT2D eigenvalue weighted by atomic mass is 10.1. The number of nitrogens with zero attached hydrogens (tertiary/aromatic N) is 3. The molecule has 2 heterocycles. The molecule has 1 aromatic carbocycles. The monoisotopic (exact) mass is 253 g/mol. The van der Waals surface area contributed by atoms with E-state index >= 15 is 0 Å². The molecule has 2 amide bonds. The van der Waals surface area contributed by atoms with Crippen molar-refractivity contribution in [3.63, 3.8) is 0 Å². The zero-order valence-electron chi connectivity index (χ0n) is 10.3. The van der Waals surface area contributed by atoms with Gasteiger partial charge in [0.2, 0.25) is 0 Å². The Bertz CT molecular complexity index is 620. The van der Waals surface area contributed by atoms with Gasteiger partial charge in [0.1, 0.15) is 0 Å². The van der Waals surface area contributed by atoms with Crippen LogP contribution in [0.1, 0.15) is 39.4 Å². The Kier molecular flexibility index (Phi) is 2.59. The molecule has 1 aliphatic rings. The van der Waals surface area contributed by atoms with E-state index in [1.54, 1.807) is 49.8 Å². The SMILES string of the molecule is CC(c1cnccn1)N1C(=O)c2ccccc2C1=O. The number of benzene rings is 1. The number of fused-ring (bicyclic) bond motifs is 1. The fourth-order valence-corrected chi connectivity index (χ4v) is 2.22. The number of amides is 2. The van der Waals surface area contributed by atoms with Gasteiger partial charge >= 0.3 is 0 Å². The second-order valence-corrected chi connectivity index (χ2v) is 4.33. The summed E-state index contributed by atoms with van der Waals surface area (Å²) >= 11 is 0. The van der Waals surface area contributed by atoms with E-state index in [2.05, 4.69) is 9.97 Å². The standard InChI is InChI=1S/C14H11N3O2/c1-9(12-8-15-6-7-16-12)17-13(18)10-4-2-3-5-11(10)14(17)19/h2-9H,1H3. The zero-order valence-corrected chi connectivity index (χ0v) is 10.3. The Balaban J connectivity index is 2.01. The Labute approximate surface area is 109 Å². The van der Waals surface area contributed by atoms with Gasteiger partial charge in [-0.3, -0.25) is 24.5 Å². The largest absolute Gasteiger partial charge is 0.269 e. The first-order valence-corrected chi connectivity index (χ1v) is 5.93. The van der Waals surface area contributed by atoms with E-state index in [-0.39, 0.29) is 11.8 Å². The summed E-state index contributed by atoms with van der Waals surface area (Å²) in [6, 6.07) is 6.40. The predicted octanol–water partition coefficient (Wildman–Crippen LogP) is 1.83. The molecule has 0 N–H and O–H groups in total. The summed E-state index contributed by atoms with van der Waals surface area (Å²) in [7, 11) is 0. The van der Waals surface area contributed by atoms with Crippen LogP contribution in [-0.4, -0.2) is 26.7 Å². The molecule has 0 aliphatic carbocycles. The van der Waals surface area contributed by atoms with Gasteiger partial charge in [-0.1, -0.05) is 12.1 Å². The smallest absolute Gasteiger partial charge is 0.262 e. The van der Waals surface area contributed by atoms with E-state index in [1.165, 1.54) is 4.90 Å². The molecule has 0 spiro atoms. The van der Waals surface area contributed by atoms with Crippen molar-refractivity contribution in [2.45, 2.75) is 13.0 Å². The van der Waals surface area contributed by atoms with Crippen LogP contribution in [-0.2, 0) is 0 Å². The average Bonchev–Trinajstić information content (AvgIpc) is 2.72. The zero-order chi connectivity index (χ0) is 13.4. The van der Waals surface area contributed by atoms with Crippen LogP contribution >= 0.6 is 0 Å².